The van der Waals surface area contributed by atoms with Crippen molar-refractivity contribution in [1.29, 1.82) is 0 Å². The second kappa shape index (κ2) is 4.83. The first-order chi connectivity index (χ1) is 9.15. The lowest BCUT2D eigenvalue weighted by molar-refractivity contribution is 0.253. The third-order valence-corrected chi connectivity index (χ3v) is 4.54. The van der Waals surface area contributed by atoms with Gasteiger partial charge in [-0.25, -0.2) is 9.50 Å². The van der Waals surface area contributed by atoms with Crippen LogP contribution in [0.2, 0.25) is 0 Å². The zero-order chi connectivity index (χ0) is 13.4. The zero-order valence-corrected chi connectivity index (χ0v) is 11.9. The second-order valence-electron chi connectivity index (χ2n) is 5.91. The van der Waals surface area contributed by atoms with Crippen molar-refractivity contribution in [3.8, 4) is 0 Å². The van der Waals surface area contributed by atoms with Gasteiger partial charge in [0, 0.05) is 18.4 Å². The first-order valence-electron chi connectivity index (χ1n) is 7.22. The molecule has 4 nitrogen and oxygen atoms in total. The van der Waals surface area contributed by atoms with Crippen LogP contribution < -0.4 is 5.32 Å². The van der Waals surface area contributed by atoms with E-state index in [2.05, 4.69) is 35.3 Å². The molecule has 2 heterocycles. The summed E-state index contributed by atoms with van der Waals surface area (Å²) < 4.78 is 1.90. The Kier molecular flexibility index (Phi) is 3.17. The summed E-state index contributed by atoms with van der Waals surface area (Å²) in [6, 6.07) is 2.62. The molecule has 4 heteroatoms. The predicted octanol–water partition coefficient (Wildman–Crippen LogP) is 3.27. The molecule has 0 radical (unpaired) electrons. The third kappa shape index (κ3) is 2.31. The monoisotopic (exact) mass is 258 g/mol. The molecule has 0 bridgehead atoms. The first-order valence-corrected chi connectivity index (χ1v) is 7.22. The summed E-state index contributed by atoms with van der Waals surface area (Å²) in [4.78, 5) is 4.50. The van der Waals surface area contributed by atoms with Crippen LogP contribution in [-0.4, -0.2) is 20.6 Å². The highest BCUT2D eigenvalue weighted by molar-refractivity contribution is 5.68. The maximum absolute atomic E-state index is 4.50. The van der Waals surface area contributed by atoms with E-state index in [1.54, 1.807) is 0 Å². The Hall–Kier alpha value is -1.58. The number of nitrogens with zero attached hydrogens (tertiary/aromatic N) is 3. The molecule has 3 atom stereocenters. The first kappa shape index (κ1) is 12.5. The molecule has 102 valence electrons. The Morgan fingerprint density at radius 2 is 2.16 bits per heavy atom. The van der Waals surface area contributed by atoms with Crippen LogP contribution in [0.15, 0.2) is 18.5 Å². The van der Waals surface area contributed by atoms with Crippen molar-refractivity contribution in [2.75, 3.05) is 5.32 Å². The average molecular weight is 258 g/mol. The van der Waals surface area contributed by atoms with Gasteiger partial charge in [0.25, 0.3) is 0 Å². The quantitative estimate of drug-likeness (QED) is 0.899. The Morgan fingerprint density at radius 3 is 3.00 bits per heavy atom. The summed E-state index contributed by atoms with van der Waals surface area (Å²) in [5.74, 6) is 2.45. The fraction of sp³-hybridized carbons (Fsp3) is 0.600. The largest absolute Gasteiger partial charge is 0.365 e. The molecular weight excluding hydrogens is 236 g/mol. The van der Waals surface area contributed by atoms with E-state index in [0.717, 1.165) is 22.9 Å². The van der Waals surface area contributed by atoms with Crippen LogP contribution >= 0.6 is 0 Å². The molecule has 2 aromatic heterocycles. The summed E-state index contributed by atoms with van der Waals surface area (Å²) >= 11 is 0. The van der Waals surface area contributed by atoms with Gasteiger partial charge in [-0.15, -0.1) is 0 Å². The summed E-state index contributed by atoms with van der Waals surface area (Å²) in [6.45, 7) is 6.72. The number of nitrogens with one attached hydrogen (secondary N) is 1. The Balaban J connectivity index is 1.88. The van der Waals surface area contributed by atoms with Gasteiger partial charge in [-0.2, -0.15) is 5.10 Å². The van der Waals surface area contributed by atoms with Gasteiger partial charge in [0.1, 0.15) is 5.52 Å². The molecule has 3 unspecified atom stereocenters. The van der Waals surface area contributed by atoms with E-state index in [-0.39, 0.29) is 0 Å². The number of anilines is 1. The smallest absolute Gasteiger partial charge is 0.152 e. The van der Waals surface area contributed by atoms with Crippen LogP contribution in [0.3, 0.4) is 0 Å². The highest BCUT2D eigenvalue weighted by Crippen LogP contribution is 2.31. The van der Waals surface area contributed by atoms with E-state index >= 15 is 0 Å². The summed E-state index contributed by atoms with van der Waals surface area (Å²) in [7, 11) is 0. The maximum Gasteiger partial charge on any atom is 0.152 e. The van der Waals surface area contributed by atoms with Gasteiger partial charge in [-0.1, -0.05) is 26.7 Å². The lowest BCUT2D eigenvalue weighted by Gasteiger charge is -2.35. The molecule has 0 aromatic carbocycles. The van der Waals surface area contributed by atoms with Gasteiger partial charge in [0.15, 0.2) is 5.82 Å². The Bertz CT molecular complexity index is 575. The Labute approximate surface area is 114 Å². The molecule has 0 amide bonds. The Morgan fingerprint density at radius 1 is 1.32 bits per heavy atom. The van der Waals surface area contributed by atoms with Crippen molar-refractivity contribution in [2.45, 2.75) is 46.1 Å². The van der Waals surface area contributed by atoms with Gasteiger partial charge in [0.2, 0.25) is 0 Å². The van der Waals surface area contributed by atoms with Crippen LogP contribution in [0.4, 0.5) is 5.82 Å². The molecule has 1 saturated carbocycles. The van der Waals surface area contributed by atoms with Crippen LogP contribution in [0.5, 0.6) is 0 Å². The number of rotatable bonds is 2. The molecule has 0 saturated heterocycles. The number of hydrogen-bond donors (Lipinski definition) is 1. The van der Waals surface area contributed by atoms with Crippen LogP contribution in [0.1, 0.15) is 38.8 Å². The van der Waals surface area contributed by atoms with Crippen molar-refractivity contribution in [2.24, 2.45) is 11.8 Å². The summed E-state index contributed by atoms with van der Waals surface area (Å²) in [5, 5.41) is 8.08. The zero-order valence-electron chi connectivity index (χ0n) is 11.9. The molecule has 3 rings (SSSR count). The lowest BCUT2D eigenvalue weighted by Crippen LogP contribution is -2.35. The van der Waals surface area contributed by atoms with Crippen molar-refractivity contribution >= 4 is 11.3 Å². The lowest BCUT2D eigenvalue weighted by atomic mass is 9.78. The SMILES string of the molecule is Cc1cc2c(NC3CCCC(C)C3C)nccn2n1. The second-order valence-corrected chi connectivity index (χ2v) is 5.91. The highest BCUT2D eigenvalue weighted by Gasteiger charge is 2.27. The number of aromatic nitrogens is 3. The highest BCUT2D eigenvalue weighted by atomic mass is 15.2. The summed E-state index contributed by atoms with van der Waals surface area (Å²) in [6.07, 6.45) is 7.62. The fourth-order valence-corrected chi connectivity index (χ4v) is 3.12. The average Bonchev–Trinajstić information content (AvgIpc) is 2.76. The van der Waals surface area contributed by atoms with E-state index in [0.29, 0.717) is 12.0 Å². The van der Waals surface area contributed by atoms with Crippen LogP contribution in [-0.2, 0) is 0 Å². The van der Waals surface area contributed by atoms with Crippen molar-refractivity contribution < 1.29 is 0 Å². The molecular formula is C15H22N4. The number of fused-ring (bicyclic) bond motifs is 1. The topological polar surface area (TPSA) is 42.2 Å². The van der Waals surface area contributed by atoms with Crippen LogP contribution in [0, 0.1) is 18.8 Å². The maximum atomic E-state index is 4.50. The van der Waals surface area contributed by atoms with Gasteiger partial charge in [-0.3, -0.25) is 0 Å². The minimum atomic E-state index is 0.526. The molecule has 1 N–H and O–H groups in total. The van der Waals surface area contributed by atoms with E-state index in [9.17, 15) is 0 Å². The fourth-order valence-electron chi connectivity index (χ4n) is 3.12. The van der Waals surface area contributed by atoms with Gasteiger partial charge < -0.3 is 5.32 Å². The van der Waals surface area contributed by atoms with E-state index in [4.69, 9.17) is 0 Å². The van der Waals surface area contributed by atoms with Crippen molar-refractivity contribution in [3.05, 3.63) is 24.2 Å². The summed E-state index contributed by atoms with van der Waals surface area (Å²) in [5.41, 5.74) is 2.10. The minimum absolute atomic E-state index is 0.526. The number of hydrogen-bond acceptors (Lipinski definition) is 3. The van der Waals surface area contributed by atoms with Crippen molar-refractivity contribution in [3.63, 3.8) is 0 Å². The molecule has 1 fully saturated rings. The normalized spacial score (nSPS) is 27.6. The predicted molar refractivity (Wildman–Crippen MR) is 77.3 cm³/mol. The van der Waals surface area contributed by atoms with Gasteiger partial charge in [0.05, 0.1) is 5.69 Å². The number of aryl methyl sites for hydroxylation is 1. The van der Waals surface area contributed by atoms with Crippen LogP contribution in [0.25, 0.3) is 5.52 Å². The molecule has 1 aliphatic carbocycles. The molecule has 2 aromatic rings. The van der Waals surface area contributed by atoms with Gasteiger partial charge in [-0.05, 0) is 31.2 Å². The van der Waals surface area contributed by atoms with E-state index in [1.165, 1.54) is 19.3 Å². The van der Waals surface area contributed by atoms with E-state index < -0.39 is 0 Å². The minimum Gasteiger partial charge on any atom is -0.365 e. The standard InChI is InChI=1S/C15H22N4/c1-10-5-4-6-13(12(10)3)17-15-14-9-11(2)18-19(14)8-7-16-15/h7-10,12-13H,4-6H2,1-3H3,(H,16,17). The van der Waals surface area contributed by atoms with Gasteiger partial charge >= 0.3 is 0 Å². The molecule has 0 aliphatic heterocycles. The van der Waals surface area contributed by atoms with E-state index in [1.807, 2.05) is 23.8 Å². The molecule has 1 aliphatic rings. The van der Waals surface area contributed by atoms with Crippen molar-refractivity contribution in [1.82, 2.24) is 14.6 Å². The molecule has 0 spiro atoms. The third-order valence-electron chi connectivity index (χ3n) is 4.54. The molecule has 19 heavy (non-hydrogen) atoms.